The van der Waals surface area contributed by atoms with Crippen LogP contribution in [0.15, 0.2) is 73.8 Å². The molecule has 92 heavy (non-hydrogen) atoms. The number of fused-ring (bicyclic) bond motifs is 7. The van der Waals surface area contributed by atoms with E-state index >= 15 is 0 Å². The Labute approximate surface area is 545 Å². The van der Waals surface area contributed by atoms with Crippen molar-refractivity contribution in [2.75, 3.05) is 13.2 Å². The molecule has 502 valence electrons. The number of phosphoric acid groups is 1. The van der Waals surface area contributed by atoms with Crippen molar-refractivity contribution in [3.63, 3.8) is 0 Å². The Balaban J connectivity index is 0.00000444. The molecule has 2 fully saturated rings. The number of rotatable bonds is 26. The summed E-state index contributed by atoms with van der Waals surface area (Å²) in [5.41, 5.74) is 35.6. The fourth-order valence-electron chi connectivity index (χ4n) is 15.2. The van der Waals surface area contributed by atoms with Crippen LogP contribution in [-0.4, -0.2) is 127 Å². The molecule has 7 heterocycles. The number of hydrogen-bond acceptors (Lipinski definition) is 19. The molecule has 1 aromatic heterocycles. The number of nitrogens with one attached hydrogen (secondary N) is 1. The van der Waals surface area contributed by atoms with Crippen LogP contribution in [0, 0.1) is 64.1 Å². The van der Waals surface area contributed by atoms with Gasteiger partial charge in [0.1, 0.15) is 18.3 Å². The molecule has 1 aromatic carbocycles. The molecule has 30 heteroatoms. The average Bonchev–Trinajstić information content (AvgIpc) is 1.53. The van der Waals surface area contributed by atoms with E-state index in [4.69, 9.17) is 80.3 Å². The first kappa shape index (κ1) is 74.0. The molecule has 0 spiro atoms. The van der Waals surface area contributed by atoms with Gasteiger partial charge in [-0.25, -0.2) is 4.98 Å². The molecule has 1 unspecified atom stereocenters. The van der Waals surface area contributed by atoms with E-state index in [-0.39, 0.29) is 94.0 Å². The topological polar surface area (TPSA) is 489 Å². The summed E-state index contributed by atoms with van der Waals surface area (Å²) in [6.07, 6.45) is -4.78. The van der Waals surface area contributed by atoms with E-state index in [1.807, 2.05) is 73.6 Å². The van der Waals surface area contributed by atoms with Crippen LogP contribution in [0.25, 0.3) is 16.4 Å². The van der Waals surface area contributed by atoms with Crippen LogP contribution in [0.3, 0.4) is 0 Å². The SMILES string of the molecule is C/C1=C2/[N-]/C(=C\C3=NC(=C(/C)C4=N[C@@](C)([C@@H]5N=C1[C@](C)(CCC(=O)NC[C@H](C)OP(=O)([O-])O[C@H]1[C@@H](O)[C@@H](n6cnc7cc(C)ccc76)O[C@@H]1CO)[C@H]5CC(N)=O)[C@@](C)(CC(N)=O)[C@@H]4CCC(N)=O)/[C@@](C)(CC(N)=O)[C@@H]3CCC(N)=O)C(C)(C)[C@@H]2CCC(N)=O.[C-]#N.[Co+3]. The molecule has 2 saturated heterocycles. The van der Waals surface area contributed by atoms with E-state index in [1.54, 1.807) is 13.0 Å². The third-order valence-electron chi connectivity index (χ3n) is 20.0. The standard InChI is InChI=1S/C61H88N13O14P.CN.Co/c1-29-11-15-39-38(21-29)69-28-74(39)56-51(83)52(40(27-75)86-56)88-89(84,85)87-30(2)26-68-48(82)19-20-58(7)36(22-45(65)79)55-61(10)60(9,25-47(67)81)35(14-18-44(64)78)50(73-61)32(4)54-59(8,24-46(66)80)33(12-16-42(62)76)37(70-54)23-41-57(5,6)34(13-17-43(63)77)49(71-41)31(3)53(58)72-55;1-2;/h11,15,21,23,28,30,33-36,40,51-52,55-56,75,83H,12-14,16-20,22,24-27H2,1-10H3,(H15,62,63,64,65,66,67,68,70,71,72,73,76,77,78,79,80,81,82,84,85);;/q;-1;+3/p-2/t30-,33+,34+,35+,36-,40+,51+,52+,55+,56-,58+,59-,60-,61-;;/m0../s1. The molecule has 6 aliphatic rings. The molecule has 0 aliphatic carbocycles. The van der Waals surface area contributed by atoms with E-state index in [1.165, 1.54) is 17.8 Å². The number of amides is 7. The van der Waals surface area contributed by atoms with Crippen molar-refractivity contribution in [2.45, 2.75) is 182 Å². The van der Waals surface area contributed by atoms with Crippen LogP contribution >= 0.6 is 7.82 Å². The van der Waals surface area contributed by atoms with Crippen molar-refractivity contribution < 1.29 is 83.8 Å². The Morgan fingerprint density at radius 3 is 2.02 bits per heavy atom. The van der Waals surface area contributed by atoms with Crippen molar-refractivity contribution in [3.8, 4) is 0 Å². The predicted octanol–water partition coefficient (Wildman–Crippen LogP) is 3.10. The molecule has 8 bridgehead atoms. The van der Waals surface area contributed by atoms with Crippen molar-refractivity contribution >= 4 is 77.3 Å². The van der Waals surface area contributed by atoms with Gasteiger partial charge < -0.3 is 90.3 Å². The second-order valence-corrected chi connectivity index (χ2v) is 27.9. The Morgan fingerprint density at radius 1 is 0.848 bits per heavy atom. The zero-order chi connectivity index (χ0) is 67.8. The number of carbonyl (C=O) groups excluding carboxylic acids is 7. The third kappa shape index (κ3) is 14.4. The first-order chi connectivity index (χ1) is 42.4. The largest absolute Gasteiger partial charge is 3.00 e. The summed E-state index contributed by atoms with van der Waals surface area (Å²) in [4.78, 5) is 128. The molecular weight excluding hydrogens is 1250 g/mol. The van der Waals surface area contributed by atoms with Gasteiger partial charge >= 0.3 is 16.8 Å². The van der Waals surface area contributed by atoms with Gasteiger partial charge in [0.2, 0.25) is 41.4 Å². The average molecular weight is 1340 g/mol. The minimum Gasteiger partial charge on any atom is -0.756 e. The molecule has 7 amide bonds. The summed E-state index contributed by atoms with van der Waals surface area (Å²) in [6.45, 7) is 21.8. The Morgan fingerprint density at radius 2 is 1.45 bits per heavy atom. The maximum Gasteiger partial charge on any atom is 3.00 e. The molecule has 15 N–H and O–H groups in total. The van der Waals surface area contributed by atoms with E-state index in [0.717, 1.165) is 5.56 Å². The van der Waals surface area contributed by atoms with Gasteiger partial charge in [-0.3, -0.25) is 53.1 Å². The van der Waals surface area contributed by atoms with Gasteiger partial charge in [-0.05, 0) is 100 Å². The summed E-state index contributed by atoms with van der Waals surface area (Å²) in [5, 5.41) is 36.0. The number of ether oxygens (including phenoxy) is 1. The van der Waals surface area contributed by atoms with E-state index in [0.29, 0.717) is 56.4 Å². The fraction of sp³-hybridized carbons (Fsp3) is 0.613. The third-order valence-corrected chi connectivity index (χ3v) is 21.1. The van der Waals surface area contributed by atoms with Gasteiger partial charge in [0.05, 0.1) is 47.3 Å². The summed E-state index contributed by atoms with van der Waals surface area (Å²) in [5.74, 6) is -7.40. The fourth-order valence-corrected chi connectivity index (χ4v) is 16.3. The Kier molecular flexibility index (Phi) is 22.8. The van der Waals surface area contributed by atoms with Gasteiger partial charge in [0.15, 0.2) is 6.23 Å². The molecule has 2 aromatic rings. The first-order valence-electron chi connectivity index (χ1n) is 30.3. The smallest absolute Gasteiger partial charge is 0.756 e. The van der Waals surface area contributed by atoms with Gasteiger partial charge in [-0.1, -0.05) is 46.8 Å². The number of imidazole rings is 1. The van der Waals surface area contributed by atoms with E-state index in [9.17, 15) is 53.2 Å². The number of aliphatic hydroxyl groups is 2. The van der Waals surface area contributed by atoms with Crippen LogP contribution < -0.4 is 44.6 Å². The molecule has 28 nitrogen and oxygen atoms in total. The summed E-state index contributed by atoms with van der Waals surface area (Å²) >= 11 is 0. The molecule has 8 rings (SSSR count). The van der Waals surface area contributed by atoms with Crippen LogP contribution in [-0.2, 0) is 68.7 Å². The maximum absolute atomic E-state index is 14.3. The van der Waals surface area contributed by atoms with Crippen molar-refractivity contribution in [1.29, 1.82) is 5.26 Å². The van der Waals surface area contributed by atoms with Crippen LogP contribution in [0.5, 0.6) is 0 Å². The first-order valence-corrected chi connectivity index (χ1v) is 31.8. The van der Waals surface area contributed by atoms with E-state index < -0.39 is 143 Å². The number of allylic oxidation sites excluding steroid dienone is 6. The maximum atomic E-state index is 14.3. The normalized spacial score (nSPS) is 33.4. The Hall–Kier alpha value is -7.00. The number of nitrogens with two attached hydrogens (primary N) is 6. The molecule has 6 aliphatic heterocycles. The van der Waals surface area contributed by atoms with Crippen LogP contribution in [0.2, 0.25) is 0 Å². The van der Waals surface area contributed by atoms with Crippen molar-refractivity contribution in [1.82, 2.24) is 14.9 Å². The molecule has 0 radical (unpaired) electrons. The summed E-state index contributed by atoms with van der Waals surface area (Å²) in [6, 6.07) is 4.37. The van der Waals surface area contributed by atoms with Crippen LogP contribution in [0.1, 0.15) is 145 Å². The Bertz CT molecular complexity index is 3540. The number of primary amides is 6. The number of aliphatic imine (C=N–C) groups is 3. The monoisotopic (exact) mass is 1340 g/mol. The number of hydrogen-bond donors (Lipinski definition) is 9. The van der Waals surface area contributed by atoms with Crippen molar-refractivity contribution in [3.05, 3.63) is 76.3 Å². The number of benzene rings is 1. The summed E-state index contributed by atoms with van der Waals surface area (Å²) < 4.78 is 31.7. The number of carbonyl (C=O) groups is 7. The van der Waals surface area contributed by atoms with Gasteiger partial charge in [-0.2, -0.15) is 11.4 Å². The minimum absolute atomic E-state index is 0. The molecular formula is C62H86CoN14O14P. The predicted molar refractivity (Wildman–Crippen MR) is 332 cm³/mol. The summed E-state index contributed by atoms with van der Waals surface area (Å²) in [7, 11) is -5.31. The molecule has 15 atom stereocenters. The second kappa shape index (κ2) is 28.3. The van der Waals surface area contributed by atoms with Gasteiger partial charge in [-0.15, -0.1) is 0 Å². The number of aromatic nitrogens is 2. The zero-order valence-corrected chi connectivity index (χ0v) is 55.5. The number of aryl methyl sites for hydroxylation is 1. The van der Waals surface area contributed by atoms with Crippen molar-refractivity contribution in [2.24, 2.45) is 94.7 Å². The van der Waals surface area contributed by atoms with Gasteiger partial charge in [0.25, 0.3) is 7.82 Å². The quantitative estimate of drug-likeness (QED) is 0.0483. The van der Waals surface area contributed by atoms with Gasteiger partial charge in [0, 0.05) is 103 Å². The second-order valence-electron chi connectivity index (χ2n) is 26.6. The number of nitrogens with zero attached hydrogens (tertiary/aromatic N) is 7. The van der Waals surface area contributed by atoms with Crippen LogP contribution in [0.4, 0.5) is 0 Å². The van der Waals surface area contributed by atoms with E-state index in [2.05, 4.69) is 10.3 Å². The number of aliphatic hydroxyl groups excluding tert-OH is 2. The molecule has 0 saturated carbocycles. The minimum atomic E-state index is -5.31. The number of phosphoric ester groups is 1. The zero-order valence-electron chi connectivity index (χ0n) is 53.5.